The lowest BCUT2D eigenvalue weighted by atomic mass is 10.3. The maximum Gasteiger partial charge on any atom is 0.240 e. The molecule has 2 aromatic heterocycles. The van der Waals surface area contributed by atoms with E-state index in [1.54, 1.807) is 11.3 Å². The first-order chi connectivity index (χ1) is 6.72. The number of hydrazine groups is 1. The number of hydrogen-bond acceptors (Lipinski definition) is 6. The minimum absolute atomic E-state index is 0.448. The zero-order valence-corrected chi connectivity index (χ0v) is 8.80. The van der Waals surface area contributed by atoms with Gasteiger partial charge in [0.25, 0.3) is 0 Å². The first-order valence-electron chi connectivity index (χ1n) is 4.11. The van der Waals surface area contributed by atoms with Crippen LogP contribution in [0.3, 0.4) is 0 Å². The summed E-state index contributed by atoms with van der Waals surface area (Å²) in [7, 11) is 3.89. The molecular weight excluding hydrogens is 198 g/mol. The summed E-state index contributed by atoms with van der Waals surface area (Å²) in [6, 6.07) is 2.01. The smallest absolute Gasteiger partial charge is 0.240 e. The molecule has 0 radical (unpaired) electrons. The lowest BCUT2D eigenvalue weighted by molar-refractivity contribution is 1.05. The molecule has 0 amide bonds. The van der Waals surface area contributed by atoms with Crippen LogP contribution in [-0.2, 0) is 0 Å². The Morgan fingerprint density at radius 1 is 1.43 bits per heavy atom. The van der Waals surface area contributed by atoms with Gasteiger partial charge in [-0.05, 0) is 11.4 Å². The highest BCUT2D eigenvalue weighted by molar-refractivity contribution is 7.16. The van der Waals surface area contributed by atoms with Crippen LogP contribution < -0.4 is 16.2 Å². The van der Waals surface area contributed by atoms with E-state index in [0.717, 1.165) is 16.0 Å². The highest BCUT2D eigenvalue weighted by Crippen LogP contribution is 2.27. The van der Waals surface area contributed by atoms with Gasteiger partial charge in [0.05, 0.1) is 5.39 Å². The number of fused-ring (bicyclic) bond motifs is 1. The predicted molar refractivity (Wildman–Crippen MR) is 59.6 cm³/mol. The standard InChI is InChI=1S/C8H11N5S/c1-13(2)6-5-3-4-14-7(5)11-8(10-6)12-9/h3-4H,9H2,1-2H3,(H,10,11,12). The summed E-state index contributed by atoms with van der Waals surface area (Å²) in [5.74, 6) is 6.62. The van der Waals surface area contributed by atoms with E-state index < -0.39 is 0 Å². The Kier molecular flexibility index (Phi) is 2.22. The van der Waals surface area contributed by atoms with E-state index in [0.29, 0.717) is 5.95 Å². The number of nitrogens with two attached hydrogens (primary N) is 1. The highest BCUT2D eigenvalue weighted by Gasteiger charge is 2.09. The molecule has 3 N–H and O–H groups in total. The molecule has 0 atom stereocenters. The van der Waals surface area contributed by atoms with Crippen LogP contribution in [0.25, 0.3) is 10.2 Å². The van der Waals surface area contributed by atoms with Crippen molar-refractivity contribution in [1.29, 1.82) is 0 Å². The van der Waals surface area contributed by atoms with Crippen LogP contribution in [0.15, 0.2) is 11.4 Å². The molecule has 5 nitrogen and oxygen atoms in total. The van der Waals surface area contributed by atoms with Crippen molar-refractivity contribution in [3.05, 3.63) is 11.4 Å². The van der Waals surface area contributed by atoms with Crippen LogP contribution >= 0.6 is 11.3 Å². The van der Waals surface area contributed by atoms with Gasteiger partial charge in [0, 0.05) is 14.1 Å². The molecule has 2 aromatic rings. The summed E-state index contributed by atoms with van der Waals surface area (Å²) in [5, 5.41) is 3.05. The van der Waals surface area contributed by atoms with Crippen molar-refractivity contribution in [3.63, 3.8) is 0 Å². The van der Waals surface area contributed by atoms with Crippen molar-refractivity contribution in [1.82, 2.24) is 9.97 Å². The Morgan fingerprint density at radius 3 is 2.86 bits per heavy atom. The van der Waals surface area contributed by atoms with E-state index in [-0.39, 0.29) is 0 Å². The second-order valence-corrected chi connectivity index (χ2v) is 3.94. The van der Waals surface area contributed by atoms with Gasteiger partial charge in [-0.25, -0.2) is 10.8 Å². The van der Waals surface area contributed by atoms with Crippen molar-refractivity contribution in [3.8, 4) is 0 Å². The van der Waals surface area contributed by atoms with Gasteiger partial charge in [-0.15, -0.1) is 11.3 Å². The topological polar surface area (TPSA) is 67.1 Å². The van der Waals surface area contributed by atoms with Crippen LogP contribution in [0.1, 0.15) is 0 Å². The van der Waals surface area contributed by atoms with Crippen LogP contribution in [0.2, 0.25) is 0 Å². The minimum atomic E-state index is 0.448. The Morgan fingerprint density at radius 2 is 2.21 bits per heavy atom. The number of nitrogens with one attached hydrogen (secondary N) is 1. The Balaban J connectivity index is 2.70. The lowest BCUT2D eigenvalue weighted by Gasteiger charge is -2.12. The Bertz CT molecular complexity index is 450. The molecule has 0 aliphatic rings. The third-order valence-electron chi connectivity index (χ3n) is 1.86. The molecule has 0 bridgehead atoms. The SMILES string of the molecule is CN(C)c1nc(NN)nc2sccc12. The summed E-state index contributed by atoms with van der Waals surface area (Å²) in [6.07, 6.45) is 0. The number of rotatable bonds is 2. The molecule has 0 saturated carbocycles. The average molecular weight is 209 g/mol. The van der Waals surface area contributed by atoms with E-state index in [4.69, 9.17) is 5.84 Å². The van der Waals surface area contributed by atoms with Gasteiger partial charge in [0.2, 0.25) is 5.95 Å². The predicted octanol–water partition coefficient (Wildman–Crippen LogP) is 1.04. The van der Waals surface area contributed by atoms with E-state index in [1.807, 2.05) is 30.4 Å². The number of anilines is 2. The first kappa shape index (κ1) is 9.17. The van der Waals surface area contributed by atoms with Gasteiger partial charge in [0.15, 0.2) is 0 Å². The highest BCUT2D eigenvalue weighted by atomic mass is 32.1. The van der Waals surface area contributed by atoms with E-state index in [1.165, 1.54) is 0 Å². The van der Waals surface area contributed by atoms with Gasteiger partial charge in [-0.2, -0.15) is 4.98 Å². The van der Waals surface area contributed by atoms with Crippen molar-refractivity contribution in [2.24, 2.45) is 5.84 Å². The van der Waals surface area contributed by atoms with Gasteiger partial charge in [-0.3, -0.25) is 5.43 Å². The molecule has 0 spiro atoms. The summed E-state index contributed by atoms with van der Waals surface area (Å²) < 4.78 is 0. The molecular formula is C8H11N5S. The number of hydrogen-bond donors (Lipinski definition) is 2. The fraction of sp³-hybridized carbons (Fsp3) is 0.250. The summed E-state index contributed by atoms with van der Waals surface area (Å²) >= 11 is 1.58. The van der Waals surface area contributed by atoms with Crippen molar-refractivity contribution < 1.29 is 0 Å². The maximum absolute atomic E-state index is 5.29. The van der Waals surface area contributed by atoms with Crippen LogP contribution in [0.5, 0.6) is 0 Å². The van der Waals surface area contributed by atoms with Crippen LogP contribution in [0, 0.1) is 0 Å². The molecule has 0 fully saturated rings. The monoisotopic (exact) mass is 209 g/mol. The maximum atomic E-state index is 5.29. The second-order valence-electron chi connectivity index (χ2n) is 3.05. The van der Waals surface area contributed by atoms with E-state index in [9.17, 15) is 0 Å². The second kappa shape index (κ2) is 3.39. The molecule has 0 unspecified atom stereocenters. The molecule has 2 heterocycles. The van der Waals surface area contributed by atoms with Gasteiger partial charge < -0.3 is 4.90 Å². The van der Waals surface area contributed by atoms with E-state index >= 15 is 0 Å². The van der Waals surface area contributed by atoms with Crippen LogP contribution in [0.4, 0.5) is 11.8 Å². The number of nitrogen functional groups attached to an aromatic ring is 1. The molecule has 2 rings (SSSR count). The normalized spacial score (nSPS) is 10.5. The molecule has 0 aliphatic heterocycles. The van der Waals surface area contributed by atoms with Crippen molar-refractivity contribution in [2.75, 3.05) is 24.4 Å². The third-order valence-corrected chi connectivity index (χ3v) is 2.66. The van der Waals surface area contributed by atoms with Crippen molar-refractivity contribution in [2.45, 2.75) is 0 Å². The fourth-order valence-corrected chi connectivity index (χ4v) is 2.00. The largest absolute Gasteiger partial charge is 0.362 e. The third kappa shape index (κ3) is 1.38. The van der Waals surface area contributed by atoms with Gasteiger partial charge >= 0.3 is 0 Å². The number of nitrogens with zero attached hydrogens (tertiary/aromatic N) is 3. The zero-order valence-electron chi connectivity index (χ0n) is 7.98. The summed E-state index contributed by atoms with van der Waals surface area (Å²) in [5.41, 5.74) is 2.46. The molecule has 14 heavy (non-hydrogen) atoms. The van der Waals surface area contributed by atoms with Gasteiger partial charge in [0.1, 0.15) is 10.6 Å². The first-order valence-corrected chi connectivity index (χ1v) is 4.99. The quantitative estimate of drug-likeness (QED) is 0.571. The van der Waals surface area contributed by atoms with Gasteiger partial charge in [-0.1, -0.05) is 0 Å². The summed E-state index contributed by atoms with van der Waals surface area (Å²) in [4.78, 5) is 11.4. The molecule has 74 valence electrons. The van der Waals surface area contributed by atoms with Crippen LogP contribution in [-0.4, -0.2) is 24.1 Å². The average Bonchev–Trinajstić information content (AvgIpc) is 2.63. The lowest BCUT2D eigenvalue weighted by Crippen LogP contribution is -2.15. The Labute approximate surface area is 85.5 Å². The fourth-order valence-electron chi connectivity index (χ4n) is 1.25. The molecule has 6 heteroatoms. The number of aromatic nitrogens is 2. The zero-order chi connectivity index (χ0) is 10.1. The molecule has 0 saturated heterocycles. The number of thiophene rings is 1. The van der Waals surface area contributed by atoms with E-state index in [2.05, 4.69) is 15.4 Å². The van der Waals surface area contributed by atoms with Crippen molar-refractivity contribution >= 4 is 33.3 Å². The molecule has 0 aromatic carbocycles. The molecule has 0 aliphatic carbocycles. The Hall–Kier alpha value is -1.40. The minimum Gasteiger partial charge on any atom is -0.362 e. The summed E-state index contributed by atoms with van der Waals surface area (Å²) in [6.45, 7) is 0.